The van der Waals surface area contributed by atoms with Crippen LogP contribution in [0.5, 0.6) is 0 Å². The van der Waals surface area contributed by atoms with Gasteiger partial charge in [0, 0.05) is 19.1 Å². The molecule has 0 amide bonds. The first kappa shape index (κ1) is 12.1. The van der Waals surface area contributed by atoms with Crippen molar-refractivity contribution in [2.45, 2.75) is 25.9 Å². The first-order valence-corrected chi connectivity index (χ1v) is 5.77. The molecule has 0 spiro atoms. The standard InChI is InChI=1S/C11H17N3O3/c1-8-6-13(5-4-10(8)12)7-9-2-3-11(17-9)14(15)16/h2-3,8,10H,4-7,12H2,1H3. The van der Waals surface area contributed by atoms with Crippen LogP contribution in [0.1, 0.15) is 19.1 Å². The van der Waals surface area contributed by atoms with Gasteiger partial charge in [-0.05, 0) is 18.4 Å². The zero-order valence-electron chi connectivity index (χ0n) is 9.83. The number of nitrogens with zero attached hydrogens (tertiary/aromatic N) is 2. The van der Waals surface area contributed by atoms with E-state index in [1.165, 1.54) is 6.07 Å². The van der Waals surface area contributed by atoms with E-state index in [9.17, 15) is 10.1 Å². The summed E-state index contributed by atoms with van der Waals surface area (Å²) in [5.74, 6) is 0.898. The lowest BCUT2D eigenvalue weighted by Gasteiger charge is -2.34. The summed E-state index contributed by atoms with van der Waals surface area (Å²) in [5.41, 5.74) is 5.94. The second-order valence-corrected chi connectivity index (χ2v) is 4.66. The van der Waals surface area contributed by atoms with Gasteiger partial charge in [0.25, 0.3) is 0 Å². The normalized spacial score (nSPS) is 26.0. The second kappa shape index (κ2) is 4.85. The summed E-state index contributed by atoms with van der Waals surface area (Å²) in [6.07, 6.45) is 0.962. The molecule has 1 aliphatic rings. The molecule has 0 radical (unpaired) electrons. The van der Waals surface area contributed by atoms with Crippen LogP contribution in [-0.4, -0.2) is 29.0 Å². The van der Waals surface area contributed by atoms with Crippen LogP contribution in [0.4, 0.5) is 5.88 Å². The maximum Gasteiger partial charge on any atom is 0.433 e. The van der Waals surface area contributed by atoms with E-state index in [-0.39, 0.29) is 11.9 Å². The summed E-state index contributed by atoms with van der Waals surface area (Å²) in [4.78, 5) is 12.2. The highest BCUT2D eigenvalue weighted by atomic mass is 16.6. The number of piperidine rings is 1. The average molecular weight is 239 g/mol. The van der Waals surface area contributed by atoms with E-state index in [0.717, 1.165) is 19.5 Å². The first-order valence-electron chi connectivity index (χ1n) is 5.77. The molecule has 1 aromatic rings. The molecule has 2 atom stereocenters. The number of rotatable bonds is 3. The fourth-order valence-corrected chi connectivity index (χ4v) is 2.16. The van der Waals surface area contributed by atoms with Crippen LogP contribution in [0, 0.1) is 16.0 Å². The minimum Gasteiger partial charge on any atom is -0.404 e. The van der Waals surface area contributed by atoms with Crippen molar-refractivity contribution < 1.29 is 9.34 Å². The molecule has 6 heteroatoms. The molecule has 6 nitrogen and oxygen atoms in total. The van der Waals surface area contributed by atoms with Crippen molar-refractivity contribution in [2.24, 2.45) is 11.7 Å². The van der Waals surface area contributed by atoms with Crippen LogP contribution in [0.25, 0.3) is 0 Å². The van der Waals surface area contributed by atoms with Gasteiger partial charge < -0.3 is 10.2 Å². The van der Waals surface area contributed by atoms with E-state index < -0.39 is 4.92 Å². The molecule has 0 aromatic carbocycles. The van der Waals surface area contributed by atoms with Gasteiger partial charge in [-0.3, -0.25) is 15.0 Å². The van der Waals surface area contributed by atoms with E-state index in [4.69, 9.17) is 10.2 Å². The van der Waals surface area contributed by atoms with Gasteiger partial charge in [-0.15, -0.1) is 0 Å². The molecule has 1 aliphatic heterocycles. The Labute approximate surface area is 99.5 Å². The van der Waals surface area contributed by atoms with E-state index in [1.807, 2.05) is 0 Å². The summed E-state index contributed by atoms with van der Waals surface area (Å²) in [5, 5.41) is 10.5. The predicted octanol–water partition coefficient (Wildman–Crippen LogP) is 1.36. The molecular weight excluding hydrogens is 222 g/mol. The molecule has 2 heterocycles. The van der Waals surface area contributed by atoms with E-state index in [0.29, 0.717) is 18.2 Å². The Bertz CT molecular complexity index is 404. The number of hydrogen-bond acceptors (Lipinski definition) is 5. The Hall–Kier alpha value is -1.40. The Morgan fingerprint density at radius 2 is 2.41 bits per heavy atom. The van der Waals surface area contributed by atoms with Crippen LogP contribution in [0.3, 0.4) is 0 Å². The topological polar surface area (TPSA) is 85.5 Å². The van der Waals surface area contributed by atoms with Crippen LogP contribution in [0.15, 0.2) is 16.5 Å². The lowest BCUT2D eigenvalue weighted by Crippen LogP contribution is -2.45. The summed E-state index contributed by atoms with van der Waals surface area (Å²) >= 11 is 0. The van der Waals surface area contributed by atoms with E-state index >= 15 is 0 Å². The van der Waals surface area contributed by atoms with Crippen molar-refractivity contribution >= 4 is 5.88 Å². The van der Waals surface area contributed by atoms with E-state index in [2.05, 4.69) is 11.8 Å². The number of nitrogens with two attached hydrogens (primary N) is 1. The summed E-state index contributed by atoms with van der Waals surface area (Å²) in [6.45, 7) is 4.57. The zero-order valence-corrected chi connectivity index (χ0v) is 9.83. The summed E-state index contributed by atoms with van der Waals surface area (Å²) in [7, 11) is 0. The highest BCUT2D eigenvalue weighted by Crippen LogP contribution is 2.20. The number of hydrogen-bond donors (Lipinski definition) is 1. The third kappa shape index (κ3) is 2.83. The molecule has 0 bridgehead atoms. The van der Waals surface area contributed by atoms with Crippen molar-refractivity contribution in [1.82, 2.24) is 4.90 Å². The molecule has 2 N–H and O–H groups in total. The molecule has 94 valence electrons. The van der Waals surface area contributed by atoms with Gasteiger partial charge in [0.1, 0.15) is 10.7 Å². The molecule has 2 unspecified atom stereocenters. The highest BCUT2D eigenvalue weighted by Gasteiger charge is 2.24. The molecule has 0 aliphatic carbocycles. The van der Waals surface area contributed by atoms with Gasteiger partial charge in [-0.25, -0.2) is 0 Å². The largest absolute Gasteiger partial charge is 0.433 e. The fraction of sp³-hybridized carbons (Fsp3) is 0.636. The Kier molecular flexibility index (Phi) is 3.44. The van der Waals surface area contributed by atoms with Crippen molar-refractivity contribution in [3.63, 3.8) is 0 Å². The Morgan fingerprint density at radius 1 is 1.65 bits per heavy atom. The molecule has 1 saturated heterocycles. The number of nitro groups is 1. The molecule has 2 rings (SSSR count). The smallest absolute Gasteiger partial charge is 0.404 e. The minimum absolute atomic E-state index is 0.193. The molecule has 17 heavy (non-hydrogen) atoms. The van der Waals surface area contributed by atoms with Gasteiger partial charge in [-0.2, -0.15) is 0 Å². The SMILES string of the molecule is CC1CN(Cc2ccc([N+](=O)[O-])o2)CCC1N. The summed E-state index contributed by atoms with van der Waals surface area (Å²) < 4.78 is 5.14. The monoisotopic (exact) mass is 239 g/mol. The lowest BCUT2D eigenvalue weighted by molar-refractivity contribution is -0.402. The quantitative estimate of drug-likeness (QED) is 0.635. The number of likely N-dealkylation sites (tertiary alicyclic amines) is 1. The van der Waals surface area contributed by atoms with E-state index in [1.54, 1.807) is 6.07 Å². The van der Waals surface area contributed by atoms with Crippen LogP contribution in [-0.2, 0) is 6.54 Å². The van der Waals surface area contributed by atoms with Crippen molar-refractivity contribution in [3.8, 4) is 0 Å². The van der Waals surface area contributed by atoms with Gasteiger partial charge >= 0.3 is 5.88 Å². The molecule has 1 aromatic heterocycles. The van der Waals surface area contributed by atoms with Crippen molar-refractivity contribution in [2.75, 3.05) is 13.1 Å². The summed E-state index contributed by atoms with van der Waals surface area (Å²) in [6, 6.07) is 3.32. The van der Waals surface area contributed by atoms with Gasteiger partial charge in [-0.1, -0.05) is 6.92 Å². The van der Waals surface area contributed by atoms with Crippen LogP contribution < -0.4 is 5.73 Å². The van der Waals surface area contributed by atoms with Gasteiger partial charge in [0.15, 0.2) is 0 Å². The molecular formula is C11H17N3O3. The molecule has 1 fully saturated rings. The third-order valence-electron chi connectivity index (χ3n) is 3.26. The highest BCUT2D eigenvalue weighted by molar-refractivity contribution is 5.17. The predicted molar refractivity (Wildman–Crippen MR) is 62.4 cm³/mol. The van der Waals surface area contributed by atoms with Crippen LogP contribution in [0.2, 0.25) is 0 Å². The van der Waals surface area contributed by atoms with Gasteiger partial charge in [0.05, 0.1) is 12.6 Å². The molecule has 0 saturated carbocycles. The van der Waals surface area contributed by atoms with Crippen LogP contribution >= 0.6 is 0 Å². The average Bonchev–Trinajstić information content (AvgIpc) is 2.72. The Balaban J connectivity index is 1.94. The minimum atomic E-state index is -0.516. The number of furan rings is 1. The maximum absolute atomic E-state index is 10.5. The zero-order chi connectivity index (χ0) is 12.4. The van der Waals surface area contributed by atoms with Gasteiger partial charge in [0.2, 0.25) is 0 Å². The maximum atomic E-state index is 10.5. The second-order valence-electron chi connectivity index (χ2n) is 4.66. The lowest BCUT2D eigenvalue weighted by atomic mass is 9.95. The van der Waals surface area contributed by atoms with Crippen molar-refractivity contribution in [3.05, 3.63) is 28.0 Å². The Morgan fingerprint density at radius 3 is 3.00 bits per heavy atom. The third-order valence-corrected chi connectivity index (χ3v) is 3.26. The first-order chi connectivity index (χ1) is 8.06. The fourth-order valence-electron chi connectivity index (χ4n) is 2.16. The van der Waals surface area contributed by atoms with Crippen molar-refractivity contribution in [1.29, 1.82) is 0 Å².